The standard InChI is InChI=1S/Mo.2S.2Se.W. The topological polar surface area (TPSA) is 0 Å². The van der Waals surface area contributed by atoms with Crippen molar-refractivity contribution in [3.05, 3.63) is 0 Å². The number of rotatable bonds is 0. The molecule has 0 fully saturated rings. The van der Waals surface area contributed by atoms with Gasteiger partial charge in [0, 0.05) is 0 Å². The summed E-state index contributed by atoms with van der Waals surface area (Å²) in [6, 6.07) is 0. The van der Waals surface area contributed by atoms with E-state index in [0.29, 0.717) is 0 Å². The maximum atomic E-state index is 4.34. The van der Waals surface area contributed by atoms with Crippen molar-refractivity contribution in [3.63, 3.8) is 0 Å². The van der Waals surface area contributed by atoms with E-state index >= 15 is 0 Å². The quantitative estimate of drug-likeness (QED) is 0.444. The van der Waals surface area contributed by atoms with Crippen molar-refractivity contribution in [3.8, 4) is 0 Å². The molecule has 0 unspecified atom stereocenters. The van der Waals surface area contributed by atoms with Crippen molar-refractivity contribution in [2.24, 2.45) is 0 Å². The number of hydrogen-bond acceptors (Lipinski definition) is 2. The SMILES string of the molecule is [S]=[Mo]=[S].[Se]=[W]=[Se]. The van der Waals surface area contributed by atoms with Gasteiger partial charge in [-0.25, -0.2) is 0 Å². The van der Waals surface area contributed by atoms with Crippen LogP contribution < -0.4 is 0 Å². The minimum atomic E-state index is -0.363. The first-order chi connectivity index (χ1) is 2.83. The predicted molar refractivity (Wildman–Crippen MR) is 26.7 cm³/mol. The molecule has 0 N–H and O–H groups in total. The Balaban J connectivity index is 0. The van der Waals surface area contributed by atoms with Crippen LogP contribution >= 0.6 is 19.6 Å². The number of hydrogen-bond donors (Lipinski definition) is 0. The Hall–Kier alpha value is 2.86. The molecule has 0 aromatic rings. The van der Waals surface area contributed by atoms with Crippen LogP contribution in [0.3, 0.4) is 0 Å². The first kappa shape index (κ1) is 11.6. The zero-order valence-corrected chi connectivity index (χ0v) is 12.4. The van der Waals surface area contributed by atoms with Gasteiger partial charge in [-0.1, -0.05) is 0 Å². The van der Waals surface area contributed by atoms with E-state index in [4.69, 9.17) is 0 Å². The Labute approximate surface area is 71.9 Å². The van der Waals surface area contributed by atoms with Gasteiger partial charge in [0.25, 0.3) is 0 Å². The van der Waals surface area contributed by atoms with E-state index in [2.05, 4.69) is 45.3 Å². The third-order valence-electron chi connectivity index (χ3n) is 0. The second-order valence-corrected chi connectivity index (χ2v) is 18.7. The summed E-state index contributed by atoms with van der Waals surface area (Å²) < 4.78 is 0. The molecule has 6 heteroatoms. The summed E-state index contributed by atoms with van der Waals surface area (Å²) in [6.07, 6.45) is 0. The van der Waals surface area contributed by atoms with Crippen LogP contribution in [0.5, 0.6) is 0 Å². The second kappa shape index (κ2) is 15.7. The van der Waals surface area contributed by atoms with Crippen molar-refractivity contribution in [2.45, 2.75) is 0 Å². The van der Waals surface area contributed by atoms with Gasteiger partial charge in [0.15, 0.2) is 0 Å². The van der Waals surface area contributed by atoms with Gasteiger partial charge in [-0.2, -0.15) is 0 Å². The summed E-state index contributed by atoms with van der Waals surface area (Å²) >= 11 is 5.47. The molecule has 0 bridgehead atoms. The Morgan fingerprint density at radius 1 is 1.33 bits per heavy atom. The fourth-order valence-corrected chi connectivity index (χ4v) is 0. The Kier molecular flexibility index (Phi) is 30.3. The van der Waals surface area contributed by atoms with Crippen LogP contribution in [-0.4, -0.2) is 25.6 Å². The van der Waals surface area contributed by atoms with Crippen molar-refractivity contribution >= 4 is 45.3 Å². The molecule has 0 nitrogen and oxygen atoms in total. The normalized spacial score (nSPS) is 4.00. The Morgan fingerprint density at radius 3 is 1.33 bits per heavy atom. The second-order valence-electron chi connectivity index (χ2n) is 0.136. The molecule has 0 aromatic heterocycles. The van der Waals surface area contributed by atoms with E-state index in [0.717, 1.165) is 0 Å². The van der Waals surface area contributed by atoms with Gasteiger partial charge in [0.05, 0.1) is 0 Å². The predicted octanol–water partition coefficient (Wildman–Crippen LogP) is 0.530. The molecular weight excluding hydrogens is 502 g/mol. The molecule has 0 heterocycles. The molecule has 0 amide bonds. The summed E-state index contributed by atoms with van der Waals surface area (Å²) in [7, 11) is 8.68. The van der Waals surface area contributed by atoms with Gasteiger partial charge in [-0.05, 0) is 0 Å². The van der Waals surface area contributed by atoms with Crippen molar-refractivity contribution in [1.82, 2.24) is 0 Å². The molecule has 0 aliphatic heterocycles. The average molecular weight is 502 g/mol. The molecule has 0 rings (SSSR count). The van der Waals surface area contributed by atoms with Gasteiger partial charge in [-0.15, -0.1) is 0 Å². The Bertz CT molecular complexity index is 65.5. The minimum absolute atomic E-state index is 0.000000000000000111. The molecule has 0 saturated carbocycles. The van der Waals surface area contributed by atoms with E-state index in [1.165, 1.54) is 0 Å². The molecule has 36 valence electrons. The molecule has 0 aliphatic carbocycles. The van der Waals surface area contributed by atoms with Crippen LogP contribution in [0.2, 0.25) is 0 Å². The summed E-state index contributed by atoms with van der Waals surface area (Å²) in [4.78, 5) is 0. The molecule has 0 atom stereocenters. The van der Waals surface area contributed by atoms with Gasteiger partial charge in [0.2, 0.25) is 0 Å². The summed E-state index contributed by atoms with van der Waals surface area (Å²) in [5.41, 5.74) is 0. The van der Waals surface area contributed by atoms with Gasteiger partial charge in [-0.3, -0.25) is 0 Å². The molecule has 0 aliphatic rings. The average Bonchev–Trinajstić information content (AvgIpc) is 1.39. The van der Waals surface area contributed by atoms with E-state index in [1.807, 2.05) is 0 Å². The first-order valence-electron chi connectivity index (χ1n) is 0.667. The van der Waals surface area contributed by atoms with Gasteiger partial charge >= 0.3 is 73.5 Å². The van der Waals surface area contributed by atoms with E-state index in [9.17, 15) is 0 Å². The monoisotopic (exact) mass is 506 g/mol. The summed E-state index contributed by atoms with van der Waals surface area (Å²) in [6.45, 7) is 0. The zero-order chi connectivity index (χ0) is 5.41. The van der Waals surface area contributed by atoms with Crippen molar-refractivity contribution in [2.75, 3.05) is 0 Å². The molecule has 0 radical (unpaired) electrons. The van der Waals surface area contributed by atoms with Crippen molar-refractivity contribution < 1.29 is 28.2 Å². The van der Waals surface area contributed by atoms with E-state index < -0.39 is 0 Å². The van der Waals surface area contributed by atoms with E-state index in [-0.39, 0.29) is 28.2 Å². The summed E-state index contributed by atoms with van der Waals surface area (Å²) in [5, 5.41) is 0. The third kappa shape index (κ3) is 28.8. The van der Waals surface area contributed by atoms with Crippen LogP contribution in [0, 0.1) is 0 Å². The fourth-order valence-electron chi connectivity index (χ4n) is 0. The maximum absolute atomic E-state index is 4.34. The molecule has 0 spiro atoms. The third-order valence-corrected chi connectivity index (χ3v) is 0. The Morgan fingerprint density at radius 2 is 1.33 bits per heavy atom. The van der Waals surface area contributed by atoms with Crippen LogP contribution in [0.25, 0.3) is 0 Å². The first-order valence-corrected chi connectivity index (χ1v) is 20.1. The molecule has 0 aromatic carbocycles. The molecule has 6 heavy (non-hydrogen) atoms. The van der Waals surface area contributed by atoms with Crippen LogP contribution in [0.1, 0.15) is 0 Å². The summed E-state index contributed by atoms with van der Waals surface area (Å²) in [5.74, 6) is 0. The molecule has 0 saturated heterocycles. The van der Waals surface area contributed by atoms with Crippen molar-refractivity contribution in [1.29, 1.82) is 0 Å². The van der Waals surface area contributed by atoms with Crippen LogP contribution in [-0.2, 0) is 28.2 Å². The fraction of sp³-hybridized carbons (Fsp3) is 0. The zero-order valence-electron chi connectivity index (χ0n) is 2.45. The van der Waals surface area contributed by atoms with E-state index in [1.54, 1.807) is 0 Å². The van der Waals surface area contributed by atoms with Gasteiger partial charge in [0.1, 0.15) is 0 Å². The molecular formula is MoS2Se2W. The van der Waals surface area contributed by atoms with Crippen LogP contribution in [0.15, 0.2) is 0 Å². The van der Waals surface area contributed by atoms with Gasteiger partial charge < -0.3 is 0 Å². The van der Waals surface area contributed by atoms with Crippen LogP contribution in [0.4, 0.5) is 0 Å².